The van der Waals surface area contributed by atoms with Crippen molar-refractivity contribution < 1.29 is 38.9 Å². The average molecular weight is 644 g/mol. The molecule has 2 unspecified atom stereocenters. The molecule has 0 aromatic heterocycles. The lowest BCUT2D eigenvalue weighted by molar-refractivity contribution is -0.131. The number of carbonyl (C=O) groups is 4. The molecule has 0 bridgehead atoms. The van der Waals surface area contributed by atoms with E-state index >= 15 is 0 Å². The number of phenols is 1. The number of aliphatic hydroxyl groups excluding tert-OH is 1. The number of phenolic OH excluding ortho intramolecular Hbond substituents is 1. The summed E-state index contributed by atoms with van der Waals surface area (Å²) < 4.78 is 9.94. The lowest BCUT2D eigenvalue weighted by atomic mass is 9.98. The first kappa shape index (κ1) is 37.8. The lowest BCUT2D eigenvalue weighted by Crippen LogP contribution is -2.59. The summed E-state index contributed by atoms with van der Waals surface area (Å²) in [6, 6.07) is 12.9. The van der Waals surface area contributed by atoms with Gasteiger partial charge in [0.25, 0.3) is 5.91 Å². The molecular weight excluding hydrogens is 594 g/mol. The van der Waals surface area contributed by atoms with Gasteiger partial charge in [-0.3, -0.25) is 15.0 Å². The van der Waals surface area contributed by atoms with Crippen molar-refractivity contribution in [1.82, 2.24) is 26.4 Å². The molecule has 0 saturated heterocycles. The summed E-state index contributed by atoms with van der Waals surface area (Å²) in [5.74, 6) is -1.55. The van der Waals surface area contributed by atoms with E-state index in [1.165, 1.54) is 17.1 Å². The lowest BCUT2D eigenvalue weighted by Gasteiger charge is -2.33. The highest BCUT2D eigenvalue weighted by Crippen LogP contribution is 2.14. The van der Waals surface area contributed by atoms with E-state index < -0.39 is 48.2 Å². The van der Waals surface area contributed by atoms with E-state index in [0.717, 1.165) is 5.56 Å². The van der Waals surface area contributed by atoms with Crippen LogP contribution in [0.2, 0.25) is 0 Å². The Morgan fingerprint density at radius 3 is 1.76 bits per heavy atom. The van der Waals surface area contributed by atoms with Crippen molar-refractivity contribution in [1.29, 1.82) is 0 Å². The number of ether oxygens (including phenoxy) is 2. The number of amides is 4. The first-order valence-corrected chi connectivity index (χ1v) is 15.6. The minimum absolute atomic E-state index is 0.0691. The Bertz CT molecular complexity index is 1240. The molecule has 4 amide bonds. The Kier molecular flexibility index (Phi) is 15.8. The van der Waals surface area contributed by atoms with Crippen molar-refractivity contribution in [2.75, 3.05) is 19.8 Å². The molecule has 0 spiro atoms. The number of alkyl carbamates (subject to hydrolysis) is 2. The Morgan fingerprint density at radius 1 is 0.739 bits per heavy atom. The molecule has 2 aromatic rings. The van der Waals surface area contributed by atoms with Crippen molar-refractivity contribution in [3.05, 3.63) is 65.7 Å². The molecule has 4 atom stereocenters. The molecule has 6 N–H and O–H groups in total. The van der Waals surface area contributed by atoms with Gasteiger partial charge in [0, 0.05) is 13.1 Å². The van der Waals surface area contributed by atoms with Crippen molar-refractivity contribution in [3.8, 4) is 5.75 Å². The summed E-state index contributed by atoms with van der Waals surface area (Å²) >= 11 is 0. The monoisotopic (exact) mass is 643 g/mol. The minimum atomic E-state index is -1.22. The standard InChI is InChI=1S/C33H49N5O8/c1-7-45-32(43)35-28(21(3)4)30(41)34-26(18-23-12-10-9-11-13-23)27(40)20-38(19-24-14-16-25(39)17-15-24)37-31(42)29(22(5)6)36-33(44)46-8-2/h9-17,21-22,26-29,39-40H,7-8,18-20H2,1-6H3,(H,34,41)(H,35,43)(H,36,44)(H,37,42)/t26?,27?,28-,29-/m0/s1. The maximum Gasteiger partial charge on any atom is 0.407 e. The van der Waals surface area contributed by atoms with Gasteiger partial charge in [-0.05, 0) is 55.4 Å². The predicted octanol–water partition coefficient (Wildman–Crippen LogP) is 2.86. The van der Waals surface area contributed by atoms with E-state index in [-0.39, 0.29) is 50.3 Å². The molecule has 2 rings (SSSR count). The Balaban J connectivity index is 2.36. The third-order valence-corrected chi connectivity index (χ3v) is 7.07. The van der Waals surface area contributed by atoms with Gasteiger partial charge >= 0.3 is 12.2 Å². The van der Waals surface area contributed by atoms with Crippen LogP contribution in [0.25, 0.3) is 0 Å². The topological polar surface area (TPSA) is 179 Å². The van der Waals surface area contributed by atoms with Crippen LogP contribution in [0.1, 0.15) is 52.7 Å². The van der Waals surface area contributed by atoms with Crippen molar-refractivity contribution in [2.24, 2.45) is 11.8 Å². The van der Waals surface area contributed by atoms with Crippen molar-refractivity contribution >= 4 is 24.0 Å². The number of carbonyl (C=O) groups excluding carboxylic acids is 4. The molecule has 254 valence electrons. The van der Waals surface area contributed by atoms with Crippen LogP contribution in [0.15, 0.2) is 54.6 Å². The highest BCUT2D eigenvalue weighted by molar-refractivity contribution is 5.86. The van der Waals surface area contributed by atoms with E-state index in [1.807, 2.05) is 30.3 Å². The normalized spacial score (nSPS) is 13.8. The van der Waals surface area contributed by atoms with E-state index in [1.54, 1.807) is 53.7 Å². The smallest absolute Gasteiger partial charge is 0.407 e. The number of rotatable bonds is 17. The summed E-state index contributed by atoms with van der Waals surface area (Å²) in [5.41, 5.74) is 4.37. The fourth-order valence-corrected chi connectivity index (χ4v) is 4.64. The van der Waals surface area contributed by atoms with Crippen LogP contribution in [0.5, 0.6) is 5.75 Å². The maximum atomic E-state index is 13.5. The summed E-state index contributed by atoms with van der Waals surface area (Å²) in [5, 5.41) is 30.9. The number of aromatic hydroxyl groups is 1. The second kappa shape index (κ2) is 19.2. The second-order valence-corrected chi connectivity index (χ2v) is 11.6. The minimum Gasteiger partial charge on any atom is -0.508 e. The molecule has 0 radical (unpaired) electrons. The van der Waals surface area contributed by atoms with E-state index in [2.05, 4.69) is 21.4 Å². The molecule has 13 nitrogen and oxygen atoms in total. The van der Waals surface area contributed by atoms with E-state index in [4.69, 9.17) is 9.47 Å². The Labute approximate surface area is 271 Å². The highest BCUT2D eigenvalue weighted by Gasteiger charge is 2.32. The molecule has 2 aromatic carbocycles. The summed E-state index contributed by atoms with van der Waals surface area (Å²) in [7, 11) is 0. The zero-order valence-corrected chi connectivity index (χ0v) is 27.5. The quantitative estimate of drug-likeness (QED) is 0.141. The van der Waals surface area contributed by atoms with Gasteiger partial charge in [-0.1, -0.05) is 70.2 Å². The molecule has 0 saturated carbocycles. The zero-order chi connectivity index (χ0) is 34.2. The molecule has 46 heavy (non-hydrogen) atoms. The van der Waals surface area contributed by atoms with Crippen LogP contribution in [0.3, 0.4) is 0 Å². The number of benzene rings is 2. The summed E-state index contributed by atoms with van der Waals surface area (Å²) in [4.78, 5) is 51.3. The fraction of sp³-hybridized carbons (Fsp3) is 0.515. The number of nitrogens with zero attached hydrogens (tertiary/aromatic N) is 1. The van der Waals surface area contributed by atoms with Crippen LogP contribution >= 0.6 is 0 Å². The third kappa shape index (κ3) is 12.9. The largest absolute Gasteiger partial charge is 0.508 e. The first-order chi connectivity index (χ1) is 21.8. The van der Waals surface area contributed by atoms with Crippen molar-refractivity contribution in [3.63, 3.8) is 0 Å². The molecule has 13 heteroatoms. The predicted molar refractivity (Wildman–Crippen MR) is 172 cm³/mol. The summed E-state index contributed by atoms with van der Waals surface area (Å²) in [6.45, 7) is 10.7. The molecule has 0 aliphatic carbocycles. The number of hydrazine groups is 1. The van der Waals surface area contributed by atoms with Crippen LogP contribution < -0.4 is 21.4 Å². The van der Waals surface area contributed by atoms with Gasteiger partial charge in [0.1, 0.15) is 17.8 Å². The molecule has 0 aliphatic rings. The van der Waals surface area contributed by atoms with Crippen LogP contribution in [0, 0.1) is 11.8 Å². The molecule has 0 fully saturated rings. The van der Waals surface area contributed by atoms with Gasteiger partial charge in [-0.2, -0.15) is 0 Å². The van der Waals surface area contributed by atoms with Gasteiger partial charge < -0.3 is 35.6 Å². The number of hydrogen-bond acceptors (Lipinski definition) is 9. The number of aliphatic hydroxyl groups is 1. The third-order valence-electron chi connectivity index (χ3n) is 7.07. The van der Waals surface area contributed by atoms with E-state index in [0.29, 0.717) is 5.56 Å². The molecular formula is C33H49N5O8. The van der Waals surface area contributed by atoms with Gasteiger partial charge in [0.05, 0.1) is 25.4 Å². The Hall–Kier alpha value is -4.36. The second-order valence-electron chi connectivity index (χ2n) is 11.6. The fourth-order valence-electron chi connectivity index (χ4n) is 4.64. The van der Waals surface area contributed by atoms with E-state index in [9.17, 15) is 29.4 Å². The van der Waals surface area contributed by atoms with Gasteiger partial charge in [0.2, 0.25) is 5.91 Å². The number of nitrogens with one attached hydrogen (secondary N) is 4. The Morgan fingerprint density at radius 2 is 1.26 bits per heavy atom. The van der Waals surface area contributed by atoms with Crippen LogP contribution in [-0.4, -0.2) is 83.2 Å². The number of hydrogen-bond donors (Lipinski definition) is 6. The van der Waals surface area contributed by atoms with Gasteiger partial charge in [-0.15, -0.1) is 0 Å². The average Bonchev–Trinajstić information content (AvgIpc) is 2.99. The van der Waals surface area contributed by atoms with Crippen molar-refractivity contribution in [2.45, 2.75) is 78.7 Å². The van der Waals surface area contributed by atoms with Crippen LogP contribution in [0.4, 0.5) is 9.59 Å². The van der Waals surface area contributed by atoms with Gasteiger partial charge in [-0.25, -0.2) is 14.6 Å². The molecule has 0 heterocycles. The zero-order valence-electron chi connectivity index (χ0n) is 27.5. The van der Waals surface area contributed by atoms with Crippen LogP contribution in [-0.2, 0) is 32.0 Å². The molecule has 0 aliphatic heterocycles. The SMILES string of the molecule is CCOC(=O)N[C@H](C(=O)NC(Cc1ccccc1)C(O)CN(Cc1ccc(O)cc1)NC(=O)[C@@H](NC(=O)OCC)C(C)C)C(C)C. The maximum absolute atomic E-state index is 13.5. The first-order valence-electron chi connectivity index (χ1n) is 15.6. The van der Waals surface area contributed by atoms with Gasteiger partial charge in [0.15, 0.2) is 0 Å². The highest BCUT2D eigenvalue weighted by atomic mass is 16.6. The summed E-state index contributed by atoms with van der Waals surface area (Å²) in [6.07, 6.45) is -2.43.